The summed E-state index contributed by atoms with van der Waals surface area (Å²) in [6.07, 6.45) is 0. The molecule has 0 aliphatic rings. The van der Waals surface area contributed by atoms with Crippen LogP contribution in [0.1, 0.15) is 33.3 Å². The molecule has 0 spiro atoms. The third-order valence-corrected chi connectivity index (χ3v) is 6.00. The van der Waals surface area contributed by atoms with Crippen LogP contribution in [0.2, 0.25) is 0 Å². The van der Waals surface area contributed by atoms with E-state index in [-0.39, 0.29) is 11.3 Å². The number of halogens is 1. The first-order valence-corrected chi connectivity index (χ1v) is 10.6. The van der Waals surface area contributed by atoms with Gasteiger partial charge in [-0.15, -0.1) is 10.2 Å². The van der Waals surface area contributed by atoms with Crippen molar-refractivity contribution in [3.8, 4) is 17.1 Å². The first-order chi connectivity index (χ1) is 13.2. The monoisotopic (exact) mass is 458 g/mol. The van der Waals surface area contributed by atoms with Gasteiger partial charge in [-0.2, -0.15) is 0 Å². The van der Waals surface area contributed by atoms with Gasteiger partial charge in [0.25, 0.3) is 0 Å². The molecule has 5 nitrogen and oxygen atoms in total. The Morgan fingerprint density at radius 2 is 1.68 bits per heavy atom. The zero-order valence-electron chi connectivity index (χ0n) is 16.3. The Morgan fingerprint density at radius 1 is 1.07 bits per heavy atom. The second kappa shape index (κ2) is 8.09. The van der Waals surface area contributed by atoms with Gasteiger partial charge in [-0.3, -0.25) is 9.36 Å². The highest BCUT2D eigenvalue weighted by Gasteiger charge is 2.21. The highest BCUT2D eigenvalue weighted by atomic mass is 79.9. The first kappa shape index (κ1) is 20.6. The molecule has 2 N–H and O–H groups in total. The lowest BCUT2D eigenvalue weighted by Crippen LogP contribution is -2.23. The van der Waals surface area contributed by atoms with Gasteiger partial charge >= 0.3 is 0 Å². The Kier molecular flexibility index (Phi) is 5.95. The zero-order valence-corrected chi connectivity index (χ0v) is 18.7. The van der Waals surface area contributed by atoms with Crippen molar-refractivity contribution in [1.29, 1.82) is 0 Å². The van der Waals surface area contributed by atoms with Gasteiger partial charge in [0.05, 0.1) is 5.25 Å². The van der Waals surface area contributed by atoms with Gasteiger partial charge in [-0.05, 0) is 42.2 Å². The Morgan fingerprint density at radius 3 is 2.21 bits per heavy atom. The second-order valence-electron chi connectivity index (χ2n) is 7.61. The fourth-order valence-electron chi connectivity index (χ4n) is 2.69. The van der Waals surface area contributed by atoms with Gasteiger partial charge in [-0.1, -0.05) is 72.7 Å². The molecule has 2 aromatic carbocycles. The Labute approximate surface area is 177 Å². The van der Waals surface area contributed by atoms with Gasteiger partial charge in [-0.25, -0.2) is 0 Å². The number of carbonyl (C=O) groups is 1. The SMILES string of the molecule is C[C@@H](Sc1nnc(-c2ccc(C(C)(C)C)cc2)n1-c1ccc(Br)cc1)C(N)=O. The van der Waals surface area contributed by atoms with Gasteiger partial charge < -0.3 is 5.73 Å². The van der Waals surface area contributed by atoms with E-state index in [9.17, 15) is 4.79 Å². The number of rotatable bonds is 5. The van der Waals surface area contributed by atoms with E-state index in [4.69, 9.17) is 5.73 Å². The van der Waals surface area contributed by atoms with Gasteiger partial charge in [0.15, 0.2) is 11.0 Å². The lowest BCUT2D eigenvalue weighted by Gasteiger charge is -2.19. The molecule has 0 unspecified atom stereocenters. The molecule has 28 heavy (non-hydrogen) atoms. The van der Waals surface area contributed by atoms with E-state index < -0.39 is 5.25 Å². The molecule has 0 saturated heterocycles. The third-order valence-electron chi connectivity index (χ3n) is 4.41. The summed E-state index contributed by atoms with van der Waals surface area (Å²) in [5, 5.41) is 8.98. The molecule has 0 radical (unpaired) electrons. The van der Waals surface area contributed by atoms with Gasteiger partial charge in [0, 0.05) is 15.7 Å². The van der Waals surface area contributed by atoms with E-state index in [0.29, 0.717) is 5.16 Å². The summed E-state index contributed by atoms with van der Waals surface area (Å²) in [6.45, 7) is 8.33. The zero-order chi connectivity index (χ0) is 20.5. The molecule has 1 aromatic heterocycles. The molecule has 0 saturated carbocycles. The van der Waals surface area contributed by atoms with E-state index in [2.05, 4.69) is 71.2 Å². The van der Waals surface area contributed by atoms with Crippen LogP contribution in [0.4, 0.5) is 0 Å². The van der Waals surface area contributed by atoms with Crippen molar-refractivity contribution in [1.82, 2.24) is 14.8 Å². The third kappa shape index (κ3) is 4.47. The lowest BCUT2D eigenvalue weighted by molar-refractivity contribution is -0.117. The average Bonchev–Trinajstić information content (AvgIpc) is 3.05. The van der Waals surface area contributed by atoms with Crippen LogP contribution in [0.5, 0.6) is 0 Å². The number of hydrogen-bond donors (Lipinski definition) is 1. The number of nitrogens with zero attached hydrogens (tertiary/aromatic N) is 3. The Bertz CT molecular complexity index is 975. The maximum absolute atomic E-state index is 11.5. The van der Waals surface area contributed by atoms with Crippen molar-refractivity contribution in [3.05, 3.63) is 58.6 Å². The number of nitrogens with two attached hydrogens (primary N) is 1. The smallest absolute Gasteiger partial charge is 0.230 e. The maximum atomic E-state index is 11.5. The minimum atomic E-state index is -0.408. The lowest BCUT2D eigenvalue weighted by atomic mass is 9.87. The summed E-state index contributed by atoms with van der Waals surface area (Å²) >= 11 is 4.77. The van der Waals surface area contributed by atoms with Crippen LogP contribution in [0.15, 0.2) is 58.2 Å². The predicted octanol–water partition coefficient (Wildman–Crippen LogP) is 4.96. The maximum Gasteiger partial charge on any atom is 0.230 e. The van der Waals surface area contributed by atoms with E-state index in [1.54, 1.807) is 6.92 Å². The van der Waals surface area contributed by atoms with Crippen LogP contribution < -0.4 is 5.73 Å². The molecule has 1 heterocycles. The topological polar surface area (TPSA) is 73.8 Å². The van der Waals surface area contributed by atoms with Crippen molar-refractivity contribution in [2.24, 2.45) is 5.73 Å². The molecule has 0 fully saturated rings. The Hall–Kier alpha value is -2.12. The van der Waals surface area contributed by atoms with Crippen molar-refractivity contribution >= 4 is 33.6 Å². The largest absolute Gasteiger partial charge is 0.369 e. The highest BCUT2D eigenvalue weighted by Crippen LogP contribution is 2.32. The molecule has 3 rings (SSSR count). The van der Waals surface area contributed by atoms with Crippen molar-refractivity contribution in [3.63, 3.8) is 0 Å². The van der Waals surface area contributed by atoms with Crippen LogP contribution >= 0.6 is 27.7 Å². The fourth-order valence-corrected chi connectivity index (χ4v) is 3.77. The fraction of sp³-hybridized carbons (Fsp3) is 0.286. The number of carbonyl (C=O) groups excluding carboxylic acids is 1. The summed E-state index contributed by atoms with van der Waals surface area (Å²) in [5.41, 5.74) is 8.66. The summed E-state index contributed by atoms with van der Waals surface area (Å²) in [7, 11) is 0. The number of hydrogen-bond acceptors (Lipinski definition) is 4. The number of amides is 1. The quantitative estimate of drug-likeness (QED) is 0.548. The van der Waals surface area contributed by atoms with Crippen LogP contribution in [-0.4, -0.2) is 25.9 Å². The number of aromatic nitrogens is 3. The summed E-state index contributed by atoms with van der Waals surface area (Å²) in [6, 6.07) is 16.3. The standard InChI is InChI=1S/C21H23BrN4OS/c1-13(18(23)27)28-20-25-24-19(26(20)17-11-9-16(22)10-12-17)14-5-7-15(8-6-14)21(2,3)4/h5-13H,1-4H3,(H2,23,27)/t13-/m1/s1. The number of benzene rings is 2. The van der Waals surface area contributed by atoms with E-state index >= 15 is 0 Å². The molecule has 3 aromatic rings. The van der Waals surface area contributed by atoms with Crippen molar-refractivity contribution in [2.75, 3.05) is 0 Å². The van der Waals surface area contributed by atoms with Crippen LogP contribution in [-0.2, 0) is 10.2 Å². The van der Waals surface area contributed by atoms with Crippen LogP contribution in [0, 0.1) is 0 Å². The number of thioether (sulfide) groups is 1. The summed E-state index contributed by atoms with van der Waals surface area (Å²) in [4.78, 5) is 11.5. The van der Waals surface area contributed by atoms with Crippen LogP contribution in [0.25, 0.3) is 17.1 Å². The Balaban J connectivity index is 2.09. The first-order valence-electron chi connectivity index (χ1n) is 8.95. The molecule has 0 aliphatic carbocycles. The van der Waals surface area contributed by atoms with Gasteiger partial charge in [0.1, 0.15) is 0 Å². The molecule has 1 amide bonds. The second-order valence-corrected chi connectivity index (χ2v) is 9.83. The summed E-state index contributed by atoms with van der Waals surface area (Å²) < 4.78 is 2.95. The van der Waals surface area contributed by atoms with Crippen molar-refractivity contribution in [2.45, 2.75) is 43.5 Å². The minimum Gasteiger partial charge on any atom is -0.369 e. The summed E-state index contributed by atoms with van der Waals surface area (Å²) in [5.74, 6) is 0.341. The molecule has 0 aliphatic heterocycles. The van der Waals surface area contributed by atoms with Gasteiger partial charge in [0.2, 0.25) is 5.91 Å². The molecular weight excluding hydrogens is 436 g/mol. The predicted molar refractivity (Wildman–Crippen MR) is 118 cm³/mol. The molecular formula is C21H23BrN4OS. The molecule has 146 valence electrons. The normalized spacial score (nSPS) is 12.8. The highest BCUT2D eigenvalue weighted by molar-refractivity contribution is 9.10. The number of primary amides is 1. The average molecular weight is 459 g/mol. The molecule has 0 bridgehead atoms. The molecule has 7 heteroatoms. The van der Waals surface area contributed by atoms with E-state index in [1.807, 2.05) is 28.8 Å². The van der Waals surface area contributed by atoms with E-state index in [1.165, 1.54) is 17.3 Å². The molecule has 1 atom stereocenters. The minimum absolute atomic E-state index is 0.0792. The van der Waals surface area contributed by atoms with Crippen LogP contribution in [0.3, 0.4) is 0 Å². The van der Waals surface area contributed by atoms with E-state index in [0.717, 1.165) is 21.5 Å². The van der Waals surface area contributed by atoms with Crippen molar-refractivity contribution < 1.29 is 4.79 Å².